The molecule has 3 N–H and O–H groups in total. The summed E-state index contributed by atoms with van der Waals surface area (Å²) in [7, 11) is 0. The van der Waals surface area contributed by atoms with E-state index < -0.39 is 6.10 Å². The van der Waals surface area contributed by atoms with E-state index in [4.69, 9.17) is 4.74 Å². The van der Waals surface area contributed by atoms with Crippen molar-refractivity contribution in [2.24, 2.45) is 5.92 Å². The Kier molecular flexibility index (Phi) is 8.03. The molecule has 5 nitrogen and oxygen atoms in total. The molecule has 0 saturated carbocycles. The Balaban J connectivity index is 0.00000220. The molecule has 118 valence electrons. The molecule has 2 rings (SSSR count). The van der Waals surface area contributed by atoms with Gasteiger partial charge in [-0.3, -0.25) is 4.79 Å². The lowest BCUT2D eigenvalue weighted by molar-refractivity contribution is -0.124. The van der Waals surface area contributed by atoms with Crippen LogP contribution >= 0.6 is 28.3 Å². The lowest BCUT2D eigenvalue weighted by Gasteiger charge is -2.15. The predicted molar refractivity (Wildman–Crippen MR) is 86.9 cm³/mol. The zero-order chi connectivity index (χ0) is 14.4. The number of ether oxygens (including phenoxy) is 1. The van der Waals surface area contributed by atoms with Gasteiger partial charge in [-0.15, -0.1) is 12.4 Å². The number of hydrogen-bond donors (Lipinski definition) is 3. The summed E-state index contributed by atoms with van der Waals surface area (Å²) < 4.78 is 6.34. The Morgan fingerprint density at radius 2 is 2.29 bits per heavy atom. The van der Waals surface area contributed by atoms with Crippen molar-refractivity contribution in [1.82, 2.24) is 10.6 Å². The van der Waals surface area contributed by atoms with Crippen LogP contribution in [0, 0.1) is 5.92 Å². The lowest BCUT2D eigenvalue weighted by atomic mass is 10.1. The fraction of sp³-hybridized carbons (Fsp3) is 0.500. The summed E-state index contributed by atoms with van der Waals surface area (Å²) >= 11 is 3.37. The molecule has 1 aromatic rings. The number of halogens is 2. The van der Waals surface area contributed by atoms with Crippen molar-refractivity contribution in [3.63, 3.8) is 0 Å². The highest BCUT2D eigenvalue weighted by molar-refractivity contribution is 9.10. The molecule has 1 fully saturated rings. The average Bonchev–Trinajstić information content (AvgIpc) is 2.98. The van der Waals surface area contributed by atoms with Gasteiger partial charge >= 0.3 is 0 Å². The number of aliphatic hydroxyl groups is 1. The van der Waals surface area contributed by atoms with E-state index in [9.17, 15) is 9.90 Å². The Morgan fingerprint density at radius 3 is 2.95 bits per heavy atom. The monoisotopic (exact) mass is 378 g/mol. The minimum Gasteiger partial charge on any atom is -0.490 e. The molecule has 0 aromatic heterocycles. The van der Waals surface area contributed by atoms with Crippen molar-refractivity contribution in [1.29, 1.82) is 0 Å². The highest BCUT2D eigenvalue weighted by Gasteiger charge is 2.22. The maximum absolute atomic E-state index is 11.8. The van der Waals surface area contributed by atoms with Gasteiger partial charge in [-0.05, 0) is 41.0 Å². The van der Waals surface area contributed by atoms with E-state index in [1.54, 1.807) is 0 Å². The SMILES string of the molecule is Cl.O=C(NCC(O)COc1ccccc1Br)C1CCNC1. The van der Waals surface area contributed by atoms with Crippen LogP contribution in [0.1, 0.15) is 6.42 Å². The van der Waals surface area contributed by atoms with Gasteiger partial charge < -0.3 is 20.5 Å². The largest absolute Gasteiger partial charge is 0.490 e. The number of carbonyl (C=O) groups excluding carboxylic acids is 1. The topological polar surface area (TPSA) is 70.6 Å². The number of nitrogens with one attached hydrogen (secondary N) is 2. The number of para-hydroxylation sites is 1. The first-order valence-corrected chi connectivity index (χ1v) is 7.50. The second-order valence-corrected chi connectivity index (χ2v) is 5.68. The quantitative estimate of drug-likeness (QED) is 0.697. The molecular formula is C14H20BrClN2O3. The van der Waals surface area contributed by atoms with Crippen LogP contribution in [0.2, 0.25) is 0 Å². The fourth-order valence-corrected chi connectivity index (χ4v) is 2.45. The average molecular weight is 380 g/mol. The third-order valence-electron chi connectivity index (χ3n) is 3.21. The molecule has 0 radical (unpaired) electrons. The van der Waals surface area contributed by atoms with Crippen LogP contribution in [0.4, 0.5) is 0 Å². The first-order chi connectivity index (χ1) is 9.66. The number of hydrogen-bond acceptors (Lipinski definition) is 4. The summed E-state index contributed by atoms with van der Waals surface area (Å²) in [6.45, 7) is 1.95. The standard InChI is InChI=1S/C14H19BrN2O3.ClH/c15-12-3-1-2-4-13(12)20-9-11(18)8-17-14(19)10-5-6-16-7-10;/h1-4,10-11,16,18H,5-9H2,(H,17,19);1H. The van der Waals surface area contributed by atoms with Gasteiger partial charge in [0.25, 0.3) is 0 Å². The van der Waals surface area contributed by atoms with Crippen molar-refractivity contribution in [3.05, 3.63) is 28.7 Å². The number of benzene rings is 1. The van der Waals surface area contributed by atoms with E-state index in [1.165, 1.54) is 0 Å². The molecule has 2 atom stereocenters. The highest BCUT2D eigenvalue weighted by Crippen LogP contribution is 2.23. The van der Waals surface area contributed by atoms with Gasteiger partial charge in [0.2, 0.25) is 5.91 Å². The number of rotatable bonds is 6. The van der Waals surface area contributed by atoms with Gasteiger partial charge in [-0.25, -0.2) is 0 Å². The van der Waals surface area contributed by atoms with Gasteiger partial charge in [0, 0.05) is 13.1 Å². The van der Waals surface area contributed by atoms with Crippen molar-refractivity contribution >= 4 is 34.2 Å². The van der Waals surface area contributed by atoms with Crippen LogP contribution < -0.4 is 15.4 Å². The van der Waals surface area contributed by atoms with Gasteiger partial charge in [0.15, 0.2) is 0 Å². The fourth-order valence-electron chi connectivity index (χ4n) is 2.05. The van der Waals surface area contributed by atoms with Gasteiger partial charge in [0.05, 0.1) is 10.4 Å². The second kappa shape index (κ2) is 9.25. The Morgan fingerprint density at radius 1 is 1.52 bits per heavy atom. The Hall–Kier alpha value is -0.820. The van der Waals surface area contributed by atoms with E-state index in [2.05, 4.69) is 26.6 Å². The Labute approximate surface area is 139 Å². The minimum absolute atomic E-state index is 0. The number of aliphatic hydroxyl groups excluding tert-OH is 1. The normalized spacial score (nSPS) is 18.7. The Bertz CT molecular complexity index is 456. The maximum atomic E-state index is 11.8. The van der Waals surface area contributed by atoms with Crippen LogP contribution in [-0.4, -0.2) is 43.4 Å². The number of carbonyl (C=O) groups is 1. The van der Waals surface area contributed by atoms with Gasteiger partial charge in [-0.1, -0.05) is 12.1 Å². The summed E-state index contributed by atoms with van der Waals surface area (Å²) in [4.78, 5) is 11.8. The van der Waals surface area contributed by atoms with E-state index in [0.717, 1.165) is 24.0 Å². The molecule has 1 heterocycles. The second-order valence-electron chi connectivity index (χ2n) is 4.83. The van der Waals surface area contributed by atoms with Crippen molar-refractivity contribution < 1.29 is 14.6 Å². The van der Waals surface area contributed by atoms with Crippen LogP contribution in [0.5, 0.6) is 5.75 Å². The number of amides is 1. The first-order valence-electron chi connectivity index (χ1n) is 6.70. The van der Waals surface area contributed by atoms with Gasteiger partial charge in [0.1, 0.15) is 18.5 Å². The molecule has 0 bridgehead atoms. The minimum atomic E-state index is -0.722. The zero-order valence-corrected chi connectivity index (χ0v) is 14.0. The molecule has 21 heavy (non-hydrogen) atoms. The van der Waals surface area contributed by atoms with Gasteiger partial charge in [-0.2, -0.15) is 0 Å². The molecule has 1 aliphatic rings. The van der Waals surface area contributed by atoms with E-state index in [0.29, 0.717) is 5.75 Å². The third kappa shape index (κ3) is 5.82. The third-order valence-corrected chi connectivity index (χ3v) is 3.87. The summed E-state index contributed by atoms with van der Waals surface area (Å²) in [5.41, 5.74) is 0. The summed E-state index contributed by atoms with van der Waals surface area (Å²) in [6.07, 6.45) is 0.135. The molecule has 0 spiro atoms. The molecule has 7 heteroatoms. The van der Waals surface area contributed by atoms with Crippen LogP contribution in [0.3, 0.4) is 0 Å². The smallest absolute Gasteiger partial charge is 0.224 e. The molecule has 1 saturated heterocycles. The predicted octanol–water partition coefficient (Wildman–Crippen LogP) is 1.34. The van der Waals surface area contributed by atoms with E-state index >= 15 is 0 Å². The van der Waals surface area contributed by atoms with Crippen molar-refractivity contribution in [3.8, 4) is 5.75 Å². The van der Waals surface area contributed by atoms with Crippen LogP contribution in [0.15, 0.2) is 28.7 Å². The molecule has 0 aliphatic carbocycles. The highest BCUT2D eigenvalue weighted by atomic mass is 79.9. The molecular weight excluding hydrogens is 360 g/mol. The molecule has 2 unspecified atom stereocenters. The van der Waals surface area contributed by atoms with E-state index in [1.807, 2.05) is 24.3 Å². The van der Waals surface area contributed by atoms with Crippen LogP contribution in [-0.2, 0) is 4.79 Å². The molecule has 1 amide bonds. The molecule has 1 aliphatic heterocycles. The summed E-state index contributed by atoms with van der Waals surface area (Å²) in [5.74, 6) is 0.694. The lowest BCUT2D eigenvalue weighted by Crippen LogP contribution is -2.39. The zero-order valence-electron chi connectivity index (χ0n) is 11.5. The van der Waals surface area contributed by atoms with E-state index in [-0.39, 0.29) is 37.4 Å². The van der Waals surface area contributed by atoms with Crippen molar-refractivity contribution in [2.45, 2.75) is 12.5 Å². The van der Waals surface area contributed by atoms with Crippen molar-refractivity contribution in [2.75, 3.05) is 26.2 Å². The maximum Gasteiger partial charge on any atom is 0.224 e. The first kappa shape index (κ1) is 18.2. The summed E-state index contributed by atoms with van der Waals surface area (Å²) in [6, 6.07) is 7.45. The van der Waals surface area contributed by atoms with Crippen LogP contribution in [0.25, 0.3) is 0 Å². The summed E-state index contributed by atoms with van der Waals surface area (Å²) in [5, 5.41) is 15.7. The molecule has 1 aromatic carbocycles.